The van der Waals surface area contributed by atoms with E-state index in [2.05, 4.69) is 0 Å². The highest BCUT2D eigenvalue weighted by Gasteiger charge is 2.35. The van der Waals surface area contributed by atoms with E-state index in [0.717, 1.165) is 16.9 Å². The Balaban J connectivity index is 1.79. The second kappa shape index (κ2) is 10.9. The zero-order chi connectivity index (χ0) is 27.5. The van der Waals surface area contributed by atoms with Crippen LogP contribution in [0.3, 0.4) is 0 Å². The number of rotatable bonds is 7. The number of fused-ring (bicyclic) bond motifs is 1. The lowest BCUT2D eigenvalue weighted by atomic mass is 9.93. The van der Waals surface area contributed by atoms with E-state index >= 15 is 0 Å². The van der Waals surface area contributed by atoms with Gasteiger partial charge in [-0.2, -0.15) is 0 Å². The van der Waals surface area contributed by atoms with Crippen LogP contribution >= 0.6 is 11.3 Å². The molecule has 0 N–H and O–H groups in total. The van der Waals surface area contributed by atoms with Crippen LogP contribution in [0.15, 0.2) is 94.2 Å². The maximum atomic E-state index is 13.9. The van der Waals surface area contributed by atoms with Crippen LogP contribution in [-0.4, -0.2) is 29.2 Å². The maximum absolute atomic E-state index is 13.9. The van der Waals surface area contributed by atoms with E-state index in [0.29, 0.717) is 26.2 Å². The second-order valence-corrected chi connectivity index (χ2v) is 9.54. The standard InChI is InChI=1S/C29H23N3O6S/c1-3-38-28(34)24-25(19-10-6-4-7-11-19)30-29-31(26(24)20-12-8-5-9-13-20)27(33)23(39-29)17-18-14-15-22(37-2)21(16-18)32(35)36/h4-17,26H,3H2,1-2H3/b23-17-/t26-/m1/s1. The number of nitro benzene ring substituents is 1. The number of methoxy groups -OCH3 is 1. The molecule has 196 valence electrons. The Morgan fingerprint density at radius 1 is 1.10 bits per heavy atom. The van der Waals surface area contributed by atoms with Crippen LogP contribution in [0.4, 0.5) is 5.69 Å². The van der Waals surface area contributed by atoms with Gasteiger partial charge in [0.1, 0.15) is 0 Å². The van der Waals surface area contributed by atoms with Crippen molar-refractivity contribution < 1.29 is 19.2 Å². The summed E-state index contributed by atoms with van der Waals surface area (Å²) in [7, 11) is 1.36. The number of aromatic nitrogens is 1. The van der Waals surface area contributed by atoms with Crippen molar-refractivity contribution in [2.24, 2.45) is 4.99 Å². The summed E-state index contributed by atoms with van der Waals surface area (Å²) in [5.74, 6) is -0.441. The SMILES string of the molecule is CCOC(=O)C1=C(c2ccccc2)N=c2s/c(=C\c3ccc(OC)c([N+](=O)[O-])c3)c(=O)n2[C@@H]1c1ccccc1. The highest BCUT2D eigenvalue weighted by Crippen LogP contribution is 2.35. The van der Waals surface area contributed by atoms with E-state index in [1.807, 2.05) is 60.7 Å². The van der Waals surface area contributed by atoms with Crippen LogP contribution < -0.4 is 19.6 Å². The molecule has 10 heteroatoms. The third kappa shape index (κ3) is 4.89. The molecule has 5 rings (SSSR count). The average Bonchev–Trinajstić information content (AvgIpc) is 3.27. The normalized spacial score (nSPS) is 14.9. The third-order valence-corrected chi connectivity index (χ3v) is 7.17. The van der Waals surface area contributed by atoms with E-state index in [-0.39, 0.29) is 29.2 Å². The van der Waals surface area contributed by atoms with Crippen molar-refractivity contribution in [1.82, 2.24) is 4.57 Å². The van der Waals surface area contributed by atoms with Crippen LogP contribution in [0.2, 0.25) is 0 Å². The number of carbonyl (C=O) groups excluding carboxylic acids is 1. The minimum Gasteiger partial charge on any atom is -0.490 e. The van der Waals surface area contributed by atoms with Crippen molar-refractivity contribution in [3.8, 4) is 5.75 Å². The molecule has 3 aromatic carbocycles. The molecule has 0 bridgehead atoms. The van der Waals surface area contributed by atoms with Gasteiger partial charge in [-0.3, -0.25) is 19.5 Å². The lowest BCUT2D eigenvalue weighted by molar-refractivity contribution is -0.385. The lowest BCUT2D eigenvalue weighted by Crippen LogP contribution is -2.39. The smallest absolute Gasteiger partial charge is 0.338 e. The molecule has 0 unspecified atom stereocenters. The van der Waals surface area contributed by atoms with Crippen LogP contribution in [0.5, 0.6) is 5.75 Å². The highest BCUT2D eigenvalue weighted by molar-refractivity contribution is 7.07. The van der Waals surface area contributed by atoms with Gasteiger partial charge < -0.3 is 9.47 Å². The molecular formula is C29H23N3O6S. The van der Waals surface area contributed by atoms with Crippen molar-refractivity contribution in [3.05, 3.63) is 131 Å². The van der Waals surface area contributed by atoms with Gasteiger partial charge in [-0.05, 0) is 30.2 Å². The molecule has 39 heavy (non-hydrogen) atoms. The van der Waals surface area contributed by atoms with E-state index in [1.165, 1.54) is 23.8 Å². The van der Waals surface area contributed by atoms with Crippen molar-refractivity contribution >= 4 is 34.8 Å². The van der Waals surface area contributed by atoms with Gasteiger partial charge in [0.15, 0.2) is 10.6 Å². The van der Waals surface area contributed by atoms with E-state index in [1.54, 1.807) is 19.1 Å². The lowest BCUT2D eigenvalue weighted by Gasteiger charge is -2.25. The molecule has 1 aliphatic heterocycles. The molecule has 0 radical (unpaired) electrons. The summed E-state index contributed by atoms with van der Waals surface area (Å²) in [4.78, 5) is 43.4. The number of carbonyl (C=O) groups is 1. The fraction of sp³-hybridized carbons (Fsp3) is 0.138. The number of hydrogen-bond donors (Lipinski definition) is 0. The molecule has 0 fully saturated rings. The van der Waals surface area contributed by atoms with E-state index < -0.39 is 16.9 Å². The van der Waals surface area contributed by atoms with Gasteiger partial charge in [-0.25, -0.2) is 9.79 Å². The first-order chi connectivity index (χ1) is 18.9. The molecule has 2 heterocycles. The quantitative estimate of drug-likeness (QED) is 0.200. The summed E-state index contributed by atoms with van der Waals surface area (Å²) in [6.07, 6.45) is 1.58. The minimum absolute atomic E-state index is 0.120. The third-order valence-electron chi connectivity index (χ3n) is 6.19. The largest absolute Gasteiger partial charge is 0.490 e. The minimum atomic E-state index is -0.788. The summed E-state index contributed by atoms with van der Waals surface area (Å²) in [6.45, 7) is 1.88. The van der Waals surface area contributed by atoms with Crippen LogP contribution in [0.25, 0.3) is 11.8 Å². The summed E-state index contributed by atoms with van der Waals surface area (Å²) in [5, 5.41) is 11.5. The number of thiazole rings is 1. The van der Waals surface area contributed by atoms with Crippen LogP contribution in [-0.2, 0) is 9.53 Å². The number of ether oxygens (including phenoxy) is 2. The predicted molar refractivity (Wildman–Crippen MR) is 147 cm³/mol. The molecule has 0 saturated heterocycles. The molecule has 9 nitrogen and oxygen atoms in total. The van der Waals surface area contributed by atoms with Gasteiger partial charge in [-0.15, -0.1) is 0 Å². The van der Waals surface area contributed by atoms with E-state index in [4.69, 9.17) is 14.5 Å². The molecule has 1 atom stereocenters. The van der Waals surface area contributed by atoms with Gasteiger partial charge in [-0.1, -0.05) is 78.1 Å². The summed E-state index contributed by atoms with van der Waals surface area (Å²) in [6, 6.07) is 22.2. The Hall–Kier alpha value is -4.83. The second-order valence-electron chi connectivity index (χ2n) is 8.53. The van der Waals surface area contributed by atoms with Crippen molar-refractivity contribution in [2.75, 3.05) is 13.7 Å². The zero-order valence-corrected chi connectivity index (χ0v) is 21.9. The predicted octanol–water partition coefficient (Wildman–Crippen LogP) is 3.85. The molecule has 1 aliphatic rings. The summed E-state index contributed by atoms with van der Waals surface area (Å²) in [5.41, 5.74) is 1.99. The van der Waals surface area contributed by atoms with Gasteiger partial charge in [0.2, 0.25) is 0 Å². The number of nitro groups is 1. The van der Waals surface area contributed by atoms with Crippen LogP contribution in [0, 0.1) is 10.1 Å². The first kappa shape index (κ1) is 25.8. The first-order valence-electron chi connectivity index (χ1n) is 12.1. The first-order valence-corrected chi connectivity index (χ1v) is 12.9. The Kier molecular flexibility index (Phi) is 7.20. The fourth-order valence-electron chi connectivity index (χ4n) is 4.48. The molecule has 0 spiro atoms. The molecule has 1 aromatic heterocycles. The molecule has 0 amide bonds. The van der Waals surface area contributed by atoms with Gasteiger partial charge >= 0.3 is 11.7 Å². The number of nitrogens with zero attached hydrogens (tertiary/aromatic N) is 3. The zero-order valence-electron chi connectivity index (χ0n) is 21.1. The Bertz CT molecular complexity index is 1780. The summed E-state index contributed by atoms with van der Waals surface area (Å²) >= 11 is 1.15. The van der Waals surface area contributed by atoms with Gasteiger partial charge in [0, 0.05) is 11.6 Å². The molecule has 0 aliphatic carbocycles. The fourth-order valence-corrected chi connectivity index (χ4v) is 5.48. The monoisotopic (exact) mass is 541 g/mol. The van der Waals surface area contributed by atoms with Crippen molar-refractivity contribution in [3.63, 3.8) is 0 Å². The maximum Gasteiger partial charge on any atom is 0.338 e. The topological polar surface area (TPSA) is 113 Å². The van der Waals surface area contributed by atoms with Crippen LogP contribution in [0.1, 0.15) is 29.7 Å². The number of hydrogen-bond acceptors (Lipinski definition) is 8. The Morgan fingerprint density at radius 3 is 2.44 bits per heavy atom. The molecule has 4 aromatic rings. The Labute approximate surface area is 226 Å². The van der Waals surface area contributed by atoms with Gasteiger partial charge in [0.25, 0.3) is 5.56 Å². The summed E-state index contributed by atoms with van der Waals surface area (Å²) < 4.78 is 12.3. The highest BCUT2D eigenvalue weighted by atomic mass is 32.1. The van der Waals surface area contributed by atoms with E-state index in [9.17, 15) is 19.7 Å². The number of benzene rings is 3. The Morgan fingerprint density at radius 2 is 1.79 bits per heavy atom. The number of esters is 1. The van der Waals surface area contributed by atoms with Crippen molar-refractivity contribution in [1.29, 1.82) is 0 Å². The van der Waals surface area contributed by atoms with Gasteiger partial charge in [0.05, 0.1) is 40.5 Å². The van der Waals surface area contributed by atoms with Crippen molar-refractivity contribution in [2.45, 2.75) is 13.0 Å². The molecular weight excluding hydrogens is 518 g/mol. The average molecular weight is 542 g/mol. The molecule has 0 saturated carbocycles.